The van der Waals surface area contributed by atoms with E-state index in [2.05, 4.69) is 10.3 Å². The molecule has 0 bridgehead atoms. The number of methoxy groups -OCH3 is 1. The van der Waals surface area contributed by atoms with Crippen LogP contribution < -0.4 is 14.8 Å². The molecular weight excluding hydrogens is 348 g/mol. The van der Waals surface area contributed by atoms with Gasteiger partial charge < -0.3 is 14.8 Å². The van der Waals surface area contributed by atoms with Crippen LogP contribution in [0.2, 0.25) is 0 Å². The van der Waals surface area contributed by atoms with E-state index < -0.39 is 0 Å². The fourth-order valence-corrected chi connectivity index (χ4v) is 3.76. The second kappa shape index (κ2) is 8.19. The fourth-order valence-electron chi connectivity index (χ4n) is 2.85. The number of carbonyl (C=O) groups excluding carboxylic acids is 1. The molecule has 136 valence electrons. The van der Waals surface area contributed by atoms with Crippen LogP contribution in [0.3, 0.4) is 0 Å². The number of hydrogen-bond donors (Lipinski definition) is 1. The van der Waals surface area contributed by atoms with Gasteiger partial charge in [0.1, 0.15) is 11.5 Å². The lowest BCUT2D eigenvalue weighted by Gasteiger charge is -2.14. The van der Waals surface area contributed by atoms with E-state index in [1.165, 1.54) is 11.3 Å². The summed E-state index contributed by atoms with van der Waals surface area (Å²) in [5.74, 6) is 1.60. The van der Waals surface area contributed by atoms with Gasteiger partial charge in [0.2, 0.25) is 5.91 Å². The van der Waals surface area contributed by atoms with Gasteiger partial charge in [-0.25, -0.2) is 4.98 Å². The van der Waals surface area contributed by atoms with E-state index in [1.807, 2.05) is 56.3 Å². The second-order valence-corrected chi connectivity index (χ2v) is 7.01. The van der Waals surface area contributed by atoms with Crippen LogP contribution in [0.25, 0.3) is 10.2 Å². The Bertz CT molecular complexity index is 907. The number of fused-ring (bicyclic) bond motifs is 1. The van der Waals surface area contributed by atoms with Gasteiger partial charge in [-0.3, -0.25) is 4.79 Å². The van der Waals surface area contributed by atoms with Crippen molar-refractivity contribution >= 4 is 32.6 Å². The molecule has 0 aliphatic rings. The number of aromatic nitrogens is 1. The number of ether oxygens (including phenoxy) is 2. The molecule has 0 aliphatic carbocycles. The van der Waals surface area contributed by atoms with Gasteiger partial charge in [-0.2, -0.15) is 0 Å². The molecule has 1 amide bonds. The van der Waals surface area contributed by atoms with Crippen LogP contribution >= 0.6 is 11.3 Å². The minimum absolute atomic E-state index is 0.0464. The van der Waals surface area contributed by atoms with Crippen LogP contribution in [0.15, 0.2) is 42.5 Å². The maximum absolute atomic E-state index is 12.4. The molecule has 0 radical (unpaired) electrons. The largest absolute Gasteiger partial charge is 0.496 e. The van der Waals surface area contributed by atoms with Crippen molar-refractivity contribution in [3.05, 3.63) is 48.0 Å². The summed E-state index contributed by atoms with van der Waals surface area (Å²) in [4.78, 5) is 16.9. The summed E-state index contributed by atoms with van der Waals surface area (Å²) < 4.78 is 11.9. The standard InChI is InChI=1S/C20H22N2O3S/c1-4-25-14-9-10-16-18(12-14)26-20(21-16)22-19(23)11-13(2)15-7-5-6-8-17(15)24-3/h5-10,12-13H,4,11H2,1-3H3,(H,21,22,23). The summed E-state index contributed by atoms with van der Waals surface area (Å²) >= 11 is 1.45. The van der Waals surface area contributed by atoms with Gasteiger partial charge in [-0.15, -0.1) is 0 Å². The third kappa shape index (κ3) is 4.14. The average molecular weight is 370 g/mol. The zero-order chi connectivity index (χ0) is 18.5. The average Bonchev–Trinajstić information content (AvgIpc) is 3.03. The predicted molar refractivity (Wildman–Crippen MR) is 105 cm³/mol. The number of para-hydroxylation sites is 1. The Labute approximate surface area is 157 Å². The van der Waals surface area contributed by atoms with Crippen molar-refractivity contribution in [1.82, 2.24) is 4.98 Å². The van der Waals surface area contributed by atoms with E-state index in [0.29, 0.717) is 18.2 Å². The molecule has 3 rings (SSSR count). The molecule has 0 aliphatic heterocycles. The molecule has 1 unspecified atom stereocenters. The minimum Gasteiger partial charge on any atom is -0.496 e. The Balaban J connectivity index is 1.68. The van der Waals surface area contributed by atoms with Crippen molar-refractivity contribution in [2.45, 2.75) is 26.2 Å². The molecule has 1 heterocycles. The number of benzene rings is 2. The molecule has 1 atom stereocenters. The van der Waals surface area contributed by atoms with Crippen molar-refractivity contribution in [2.75, 3.05) is 19.0 Å². The number of rotatable bonds is 7. The summed E-state index contributed by atoms with van der Waals surface area (Å²) in [5, 5.41) is 3.51. The molecule has 6 heteroatoms. The summed E-state index contributed by atoms with van der Waals surface area (Å²) in [6, 6.07) is 13.5. The number of nitrogens with zero attached hydrogens (tertiary/aromatic N) is 1. The lowest BCUT2D eigenvalue weighted by Crippen LogP contribution is -2.14. The summed E-state index contributed by atoms with van der Waals surface area (Å²) in [6.07, 6.45) is 0.362. The van der Waals surface area contributed by atoms with Crippen molar-refractivity contribution < 1.29 is 14.3 Å². The van der Waals surface area contributed by atoms with Gasteiger partial charge >= 0.3 is 0 Å². The van der Waals surface area contributed by atoms with Crippen LogP contribution in [0, 0.1) is 0 Å². The lowest BCUT2D eigenvalue weighted by molar-refractivity contribution is -0.116. The van der Waals surface area contributed by atoms with E-state index >= 15 is 0 Å². The van der Waals surface area contributed by atoms with Crippen LogP contribution in [0.1, 0.15) is 31.7 Å². The molecule has 3 aromatic rings. The maximum atomic E-state index is 12.4. The summed E-state index contributed by atoms with van der Waals surface area (Å²) in [7, 11) is 1.64. The van der Waals surface area contributed by atoms with Crippen molar-refractivity contribution in [1.29, 1.82) is 0 Å². The number of hydrogen-bond acceptors (Lipinski definition) is 5. The first-order valence-corrected chi connectivity index (χ1v) is 9.38. The normalized spacial score (nSPS) is 12.0. The van der Waals surface area contributed by atoms with Gasteiger partial charge in [0.25, 0.3) is 0 Å². The van der Waals surface area contributed by atoms with E-state index in [-0.39, 0.29) is 11.8 Å². The quantitative estimate of drug-likeness (QED) is 0.647. The Hall–Kier alpha value is -2.60. The highest BCUT2D eigenvalue weighted by Gasteiger charge is 2.16. The van der Waals surface area contributed by atoms with E-state index in [4.69, 9.17) is 9.47 Å². The minimum atomic E-state index is -0.0625. The number of anilines is 1. The molecular formula is C20H22N2O3S. The first-order valence-electron chi connectivity index (χ1n) is 8.57. The van der Waals surface area contributed by atoms with Crippen molar-refractivity contribution in [3.8, 4) is 11.5 Å². The molecule has 26 heavy (non-hydrogen) atoms. The molecule has 1 N–H and O–H groups in total. The van der Waals surface area contributed by atoms with Crippen LogP contribution in [0.5, 0.6) is 11.5 Å². The molecule has 0 spiro atoms. The van der Waals surface area contributed by atoms with Gasteiger partial charge in [-0.1, -0.05) is 36.5 Å². The fraction of sp³-hybridized carbons (Fsp3) is 0.300. The van der Waals surface area contributed by atoms with E-state index in [0.717, 1.165) is 27.3 Å². The van der Waals surface area contributed by atoms with Gasteiger partial charge in [-0.05, 0) is 42.7 Å². The van der Waals surface area contributed by atoms with Crippen molar-refractivity contribution in [2.24, 2.45) is 0 Å². The molecule has 0 saturated carbocycles. The summed E-state index contributed by atoms with van der Waals surface area (Å²) in [5.41, 5.74) is 1.88. The van der Waals surface area contributed by atoms with Gasteiger partial charge in [0, 0.05) is 6.42 Å². The Morgan fingerprint density at radius 2 is 2.08 bits per heavy atom. The zero-order valence-corrected chi connectivity index (χ0v) is 15.9. The smallest absolute Gasteiger partial charge is 0.226 e. The third-order valence-electron chi connectivity index (χ3n) is 4.08. The molecule has 1 aromatic heterocycles. The van der Waals surface area contributed by atoms with Crippen LogP contribution in [0.4, 0.5) is 5.13 Å². The first-order chi connectivity index (χ1) is 12.6. The highest BCUT2D eigenvalue weighted by atomic mass is 32.1. The number of nitrogens with one attached hydrogen (secondary N) is 1. The SMILES string of the molecule is CCOc1ccc2nc(NC(=O)CC(C)c3ccccc3OC)sc2c1. The third-order valence-corrected chi connectivity index (χ3v) is 5.01. The van der Waals surface area contributed by atoms with Crippen molar-refractivity contribution in [3.63, 3.8) is 0 Å². The topological polar surface area (TPSA) is 60.5 Å². The molecule has 5 nitrogen and oxygen atoms in total. The summed E-state index contributed by atoms with van der Waals surface area (Å²) in [6.45, 7) is 4.59. The van der Waals surface area contributed by atoms with Crippen LogP contribution in [-0.2, 0) is 4.79 Å². The van der Waals surface area contributed by atoms with E-state index in [1.54, 1.807) is 7.11 Å². The maximum Gasteiger partial charge on any atom is 0.226 e. The zero-order valence-electron chi connectivity index (χ0n) is 15.1. The lowest BCUT2D eigenvalue weighted by atomic mass is 9.96. The molecule has 0 saturated heterocycles. The monoisotopic (exact) mass is 370 g/mol. The van der Waals surface area contributed by atoms with Gasteiger partial charge in [0.05, 0.1) is 23.9 Å². The highest BCUT2D eigenvalue weighted by molar-refractivity contribution is 7.22. The highest BCUT2D eigenvalue weighted by Crippen LogP contribution is 2.31. The predicted octanol–water partition coefficient (Wildman–Crippen LogP) is 4.84. The molecule has 2 aromatic carbocycles. The Morgan fingerprint density at radius 1 is 1.27 bits per heavy atom. The Kier molecular flexibility index (Phi) is 5.73. The first kappa shape index (κ1) is 18.2. The Morgan fingerprint density at radius 3 is 2.85 bits per heavy atom. The second-order valence-electron chi connectivity index (χ2n) is 5.98. The van der Waals surface area contributed by atoms with Crippen LogP contribution in [-0.4, -0.2) is 24.6 Å². The number of amides is 1. The van der Waals surface area contributed by atoms with Gasteiger partial charge in [0.15, 0.2) is 5.13 Å². The number of thiazole rings is 1. The molecule has 0 fully saturated rings. The number of carbonyl (C=O) groups is 1. The van der Waals surface area contributed by atoms with E-state index in [9.17, 15) is 4.79 Å².